The van der Waals surface area contributed by atoms with Gasteiger partial charge in [-0.25, -0.2) is 0 Å². The SMILES string of the molecule is CSc1nnc(CCCNC(=O)c2cc(C)n(-c3cccc(C)c3)c2C)n1C1CCCC1. The van der Waals surface area contributed by atoms with Crippen LogP contribution in [0.1, 0.15) is 71.3 Å². The molecule has 0 unspecified atom stereocenters. The number of aromatic nitrogens is 4. The summed E-state index contributed by atoms with van der Waals surface area (Å²) in [5, 5.41) is 13.0. The van der Waals surface area contributed by atoms with Gasteiger partial charge in [0.15, 0.2) is 5.16 Å². The van der Waals surface area contributed by atoms with E-state index in [2.05, 4.69) is 62.1 Å². The number of aryl methyl sites for hydroxylation is 3. The van der Waals surface area contributed by atoms with Crippen molar-refractivity contribution < 1.29 is 4.79 Å². The zero-order valence-corrected chi connectivity index (χ0v) is 20.3. The zero-order valence-electron chi connectivity index (χ0n) is 19.5. The van der Waals surface area contributed by atoms with Gasteiger partial charge in [-0.2, -0.15) is 0 Å². The Balaban J connectivity index is 1.38. The van der Waals surface area contributed by atoms with E-state index in [1.54, 1.807) is 11.8 Å². The number of benzene rings is 1. The molecule has 32 heavy (non-hydrogen) atoms. The third kappa shape index (κ3) is 4.63. The first-order valence-electron chi connectivity index (χ1n) is 11.5. The summed E-state index contributed by atoms with van der Waals surface area (Å²) in [6, 6.07) is 10.9. The van der Waals surface area contributed by atoms with E-state index in [0.717, 1.165) is 46.5 Å². The second-order valence-electron chi connectivity index (χ2n) is 8.73. The molecule has 0 aliphatic heterocycles. The lowest BCUT2D eigenvalue weighted by molar-refractivity contribution is 0.0952. The van der Waals surface area contributed by atoms with Gasteiger partial charge < -0.3 is 14.5 Å². The van der Waals surface area contributed by atoms with E-state index in [1.807, 2.05) is 19.9 Å². The Labute approximate surface area is 194 Å². The van der Waals surface area contributed by atoms with Gasteiger partial charge in [-0.3, -0.25) is 4.79 Å². The van der Waals surface area contributed by atoms with Crippen LogP contribution in [0.4, 0.5) is 0 Å². The molecule has 6 nitrogen and oxygen atoms in total. The smallest absolute Gasteiger partial charge is 0.253 e. The van der Waals surface area contributed by atoms with Crippen molar-refractivity contribution in [1.29, 1.82) is 0 Å². The predicted molar refractivity (Wildman–Crippen MR) is 130 cm³/mol. The largest absolute Gasteiger partial charge is 0.352 e. The van der Waals surface area contributed by atoms with Crippen molar-refractivity contribution in [3.63, 3.8) is 0 Å². The molecule has 0 saturated heterocycles. The Bertz CT molecular complexity index is 1090. The van der Waals surface area contributed by atoms with Crippen molar-refractivity contribution in [3.8, 4) is 5.69 Å². The summed E-state index contributed by atoms with van der Waals surface area (Å²) in [6.07, 6.45) is 8.74. The van der Waals surface area contributed by atoms with Gasteiger partial charge in [-0.1, -0.05) is 36.7 Å². The molecule has 0 spiro atoms. The lowest BCUT2D eigenvalue weighted by Crippen LogP contribution is -2.25. The van der Waals surface area contributed by atoms with Crippen LogP contribution in [-0.4, -0.2) is 38.0 Å². The molecule has 1 fully saturated rings. The van der Waals surface area contributed by atoms with Crippen LogP contribution >= 0.6 is 11.8 Å². The van der Waals surface area contributed by atoms with Gasteiger partial charge >= 0.3 is 0 Å². The first-order valence-corrected chi connectivity index (χ1v) is 12.7. The maximum Gasteiger partial charge on any atom is 0.253 e. The summed E-state index contributed by atoms with van der Waals surface area (Å²) < 4.78 is 4.49. The number of thioether (sulfide) groups is 1. The average Bonchev–Trinajstić information content (AvgIpc) is 3.49. The molecule has 170 valence electrons. The minimum atomic E-state index is -0.0148. The Kier molecular flexibility index (Phi) is 7.04. The van der Waals surface area contributed by atoms with Crippen molar-refractivity contribution in [3.05, 3.63) is 58.7 Å². The average molecular weight is 452 g/mol. The monoisotopic (exact) mass is 451 g/mol. The number of hydrogen-bond acceptors (Lipinski definition) is 4. The highest BCUT2D eigenvalue weighted by Crippen LogP contribution is 2.33. The number of nitrogens with zero attached hydrogens (tertiary/aromatic N) is 4. The minimum absolute atomic E-state index is 0.0148. The molecule has 2 heterocycles. The maximum atomic E-state index is 12.9. The van der Waals surface area contributed by atoms with E-state index in [0.29, 0.717) is 12.6 Å². The molecule has 7 heteroatoms. The summed E-state index contributed by atoms with van der Waals surface area (Å²) in [5.41, 5.74) is 5.07. The zero-order chi connectivity index (χ0) is 22.7. The molecule has 3 aromatic rings. The standard InChI is InChI=1S/C25H33N5OS/c1-17-9-7-12-21(15-17)29-18(2)16-22(19(29)3)24(31)26-14-8-13-23-27-28-25(32-4)30(23)20-10-5-6-11-20/h7,9,12,15-16,20H,5-6,8,10-11,13-14H2,1-4H3,(H,26,31). The maximum absolute atomic E-state index is 12.9. The number of hydrogen-bond donors (Lipinski definition) is 1. The fourth-order valence-corrected chi connectivity index (χ4v) is 5.42. The van der Waals surface area contributed by atoms with Crippen LogP contribution in [-0.2, 0) is 6.42 Å². The molecule has 1 N–H and O–H groups in total. The first-order chi connectivity index (χ1) is 15.5. The second-order valence-corrected chi connectivity index (χ2v) is 9.50. The van der Waals surface area contributed by atoms with Crippen LogP contribution in [0.5, 0.6) is 0 Å². The lowest BCUT2D eigenvalue weighted by atomic mass is 10.2. The normalized spacial score (nSPS) is 14.2. The molecule has 1 aliphatic carbocycles. The molecule has 4 rings (SSSR count). The van der Waals surface area contributed by atoms with Crippen LogP contribution < -0.4 is 5.32 Å². The van der Waals surface area contributed by atoms with E-state index in [4.69, 9.17) is 0 Å². The van der Waals surface area contributed by atoms with E-state index in [1.165, 1.54) is 31.2 Å². The molecule has 2 aromatic heterocycles. The van der Waals surface area contributed by atoms with Crippen molar-refractivity contribution in [2.45, 2.75) is 70.5 Å². The van der Waals surface area contributed by atoms with Crippen molar-refractivity contribution in [1.82, 2.24) is 24.6 Å². The summed E-state index contributed by atoms with van der Waals surface area (Å²) >= 11 is 1.67. The van der Waals surface area contributed by atoms with Crippen LogP contribution in [0.15, 0.2) is 35.5 Å². The molecule has 1 aliphatic rings. The van der Waals surface area contributed by atoms with Crippen LogP contribution in [0.3, 0.4) is 0 Å². The topological polar surface area (TPSA) is 64.7 Å². The summed E-state index contributed by atoms with van der Waals surface area (Å²) in [5.74, 6) is 1.03. The van der Waals surface area contributed by atoms with Gasteiger partial charge in [0.2, 0.25) is 0 Å². The van der Waals surface area contributed by atoms with Crippen LogP contribution in [0.25, 0.3) is 5.69 Å². The molecular weight excluding hydrogens is 418 g/mol. The molecular formula is C25H33N5OS. The molecule has 0 atom stereocenters. The van der Waals surface area contributed by atoms with Gasteiger partial charge in [0, 0.05) is 36.1 Å². The lowest BCUT2D eigenvalue weighted by Gasteiger charge is -2.16. The van der Waals surface area contributed by atoms with Crippen molar-refractivity contribution in [2.75, 3.05) is 12.8 Å². The highest BCUT2D eigenvalue weighted by Gasteiger charge is 2.23. The highest BCUT2D eigenvalue weighted by molar-refractivity contribution is 7.98. The predicted octanol–water partition coefficient (Wildman–Crippen LogP) is 5.19. The van der Waals surface area contributed by atoms with E-state index in [-0.39, 0.29) is 5.91 Å². The van der Waals surface area contributed by atoms with E-state index >= 15 is 0 Å². The Morgan fingerprint density at radius 1 is 1.16 bits per heavy atom. The van der Waals surface area contributed by atoms with Crippen LogP contribution in [0, 0.1) is 20.8 Å². The summed E-state index contributed by atoms with van der Waals surface area (Å²) in [4.78, 5) is 12.9. The number of amides is 1. The molecule has 1 aromatic carbocycles. The van der Waals surface area contributed by atoms with Gasteiger partial charge in [0.25, 0.3) is 5.91 Å². The summed E-state index contributed by atoms with van der Waals surface area (Å²) in [6.45, 7) is 6.77. The fourth-order valence-electron chi connectivity index (χ4n) is 4.85. The molecule has 1 saturated carbocycles. The Morgan fingerprint density at radius 2 is 1.94 bits per heavy atom. The van der Waals surface area contributed by atoms with Gasteiger partial charge in [-0.15, -0.1) is 10.2 Å². The fraction of sp³-hybridized carbons (Fsp3) is 0.480. The number of carbonyl (C=O) groups is 1. The Hall–Kier alpha value is -2.54. The highest BCUT2D eigenvalue weighted by atomic mass is 32.2. The number of rotatable bonds is 8. The summed E-state index contributed by atoms with van der Waals surface area (Å²) in [7, 11) is 0. The Morgan fingerprint density at radius 3 is 2.66 bits per heavy atom. The number of nitrogens with one attached hydrogen (secondary N) is 1. The van der Waals surface area contributed by atoms with Gasteiger partial charge in [0.05, 0.1) is 5.56 Å². The first kappa shape index (κ1) is 22.6. The van der Waals surface area contributed by atoms with Crippen LogP contribution in [0.2, 0.25) is 0 Å². The van der Waals surface area contributed by atoms with Crippen molar-refractivity contribution in [2.24, 2.45) is 0 Å². The third-order valence-corrected chi connectivity index (χ3v) is 7.05. The molecule has 0 radical (unpaired) electrons. The van der Waals surface area contributed by atoms with E-state index < -0.39 is 0 Å². The third-order valence-electron chi connectivity index (χ3n) is 6.41. The van der Waals surface area contributed by atoms with E-state index in [9.17, 15) is 4.79 Å². The van der Waals surface area contributed by atoms with Crippen molar-refractivity contribution >= 4 is 17.7 Å². The van der Waals surface area contributed by atoms with Gasteiger partial charge in [0.1, 0.15) is 5.82 Å². The molecule has 0 bridgehead atoms. The second kappa shape index (κ2) is 9.94. The quantitative estimate of drug-likeness (QED) is 0.378. The number of carbonyl (C=O) groups excluding carboxylic acids is 1. The minimum Gasteiger partial charge on any atom is -0.352 e. The molecule has 1 amide bonds. The van der Waals surface area contributed by atoms with Gasteiger partial charge in [-0.05, 0) is 70.1 Å².